The Morgan fingerprint density at radius 1 is 1.36 bits per heavy atom. The van der Waals surface area contributed by atoms with Crippen LogP contribution in [-0.2, 0) is 9.59 Å². The van der Waals surface area contributed by atoms with Crippen LogP contribution in [0.3, 0.4) is 0 Å². The fourth-order valence-electron chi connectivity index (χ4n) is 2.57. The van der Waals surface area contributed by atoms with Crippen molar-refractivity contribution in [3.05, 3.63) is 53.8 Å². The van der Waals surface area contributed by atoms with Gasteiger partial charge in [-0.05, 0) is 36.8 Å². The van der Waals surface area contributed by atoms with Gasteiger partial charge in [-0.1, -0.05) is 18.2 Å². The summed E-state index contributed by atoms with van der Waals surface area (Å²) in [5, 5.41) is 2.47. The number of para-hydroxylation sites is 1. The van der Waals surface area contributed by atoms with E-state index in [2.05, 4.69) is 5.32 Å². The number of rotatable bonds is 4. The molecule has 0 saturated carbocycles. The van der Waals surface area contributed by atoms with Gasteiger partial charge in [-0.25, -0.2) is 4.39 Å². The molecular weight excluding hydrogens is 325 g/mol. The van der Waals surface area contributed by atoms with Crippen molar-refractivity contribution < 1.29 is 18.7 Å². The average Bonchev–Trinajstić information content (AvgIpc) is 2.59. The van der Waals surface area contributed by atoms with Crippen LogP contribution in [0, 0.1) is 5.82 Å². The zero-order valence-corrected chi connectivity index (χ0v) is 13.7. The predicted molar refractivity (Wildman–Crippen MR) is 91.9 cm³/mol. The molecule has 7 heteroatoms. The number of nitrogens with zero attached hydrogens (tertiary/aromatic N) is 1. The van der Waals surface area contributed by atoms with Crippen LogP contribution in [-0.4, -0.2) is 25.0 Å². The standard InChI is InChI=1S/C18H18FN3O3/c1-11(20)12-6-7-16-15(8-12)22(18(24)10-25-16)9-17(23)21-14-5-3-2-4-13(14)19/h2-8,11H,9-10,20H2,1H3,(H,21,23). The molecule has 0 spiro atoms. The number of ether oxygens (including phenoxy) is 1. The van der Waals surface area contributed by atoms with Crippen LogP contribution in [0.4, 0.5) is 15.8 Å². The molecule has 0 aliphatic carbocycles. The fraction of sp³-hybridized carbons (Fsp3) is 0.222. The Morgan fingerprint density at radius 3 is 2.84 bits per heavy atom. The molecule has 1 atom stereocenters. The van der Waals surface area contributed by atoms with Crippen LogP contribution < -0.4 is 20.7 Å². The Labute approximate surface area is 144 Å². The molecule has 1 unspecified atom stereocenters. The van der Waals surface area contributed by atoms with E-state index in [9.17, 15) is 14.0 Å². The van der Waals surface area contributed by atoms with Gasteiger partial charge in [0.25, 0.3) is 5.91 Å². The van der Waals surface area contributed by atoms with Gasteiger partial charge in [-0.3, -0.25) is 14.5 Å². The highest BCUT2D eigenvalue weighted by atomic mass is 19.1. The minimum absolute atomic E-state index is 0.0674. The highest BCUT2D eigenvalue weighted by Gasteiger charge is 2.28. The van der Waals surface area contributed by atoms with Gasteiger partial charge in [0.2, 0.25) is 5.91 Å². The number of carbonyl (C=O) groups excluding carboxylic acids is 2. The fourth-order valence-corrected chi connectivity index (χ4v) is 2.57. The first-order chi connectivity index (χ1) is 12.0. The van der Waals surface area contributed by atoms with Crippen molar-refractivity contribution in [2.24, 2.45) is 5.73 Å². The lowest BCUT2D eigenvalue weighted by atomic mass is 10.1. The number of fused-ring (bicyclic) bond motifs is 1. The van der Waals surface area contributed by atoms with E-state index in [0.29, 0.717) is 11.4 Å². The van der Waals surface area contributed by atoms with Gasteiger partial charge in [0, 0.05) is 6.04 Å². The van der Waals surface area contributed by atoms with E-state index in [1.54, 1.807) is 18.2 Å². The van der Waals surface area contributed by atoms with Crippen LogP contribution in [0.2, 0.25) is 0 Å². The molecular formula is C18H18FN3O3. The Bertz CT molecular complexity index is 823. The lowest BCUT2D eigenvalue weighted by molar-refractivity contribution is -0.123. The van der Waals surface area contributed by atoms with Crippen molar-refractivity contribution in [3.63, 3.8) is 0 Å². The topological polar surface area (TPSA) is 84.7 Å². The minimum Gasteiger partial charge on any atom is -0.482 e. The molecule has 0 saturated heterocycles. The number of halogens is 1. The normalized spacial score (nSPS) is 14.5. The Balaban J connectivity index is 1.82. The number of anilines is 2. The van der Waals surface area contributed by atoms with Crippen molar-refractivity contribution in [2.75, 3.05) is 23.4 Å². The molecule has 3 N–H and O–H groups in total. The molecule has 2 amide bonds. The number of hydrogen-bond donors (Lipinski definition) is 2. The number of hydrogen-bond acceptors (Lipinski definition) is 4. The van der Waals surface area contributed by atoms with E-state index in [-0.39, 0.29) is 30.8 Å². The van der Waals surface area contributed by atoms with Crippen LogP contribution in [0.15, 0.2) is 42.5 Å². The summed E-state index contributed by atoms with van der Waals surface area (Å²) in [5.74, 6) is -0.887. The smallest absolute Gasteiger partial charge is 0.265 e. The molecule has 2 aromatic carbocycles. The van der Waals surface area contributed by atoms with E-state index in [1.165, 1.54) is 23.1 Å². The summed E-state index contributed by atoms with van der Waals surface area (Å²) < 4.78 is 19.1. The lowest BCUT2D eigenvalue weighted by Crippen LogP contribution is -2.43. The van der Waals surface area contributed by atoms with E-state index < -0.39 is 11.7 Å². The van der Waals surface area contributed by atoms with Crippen molar-refractivity contribution >= 4 is 23.2 Å². The third kappa shape index (κ3) is 3.61. The molecule has 6 nitrogen and oxygen atoms in total. The van der Waals surface area contributed by atoms with Gasteiger partial charge >= 0.3 is 0 Å². The quantitative estimate of drug-likeness (QED) is 0.891. The third-order valence-electron chi connectivity index (χ3n) is 3.90. The molecule has 25 heavy (non-hydrogen) atoms. The Kier molecular flexibility index (Phi) is 4.67. The van der Waals surface area contributed by atoms with Crippen molar-refractivity contribution in [1.82, 2.24) is 0 Å². The first-order valence-electron chi connectivity index (χ1n) is 7.83. The van der Waals surface area contributed by atoms with Crippen molar-refractivity contribution in [2.45, 2.75) is 13.0 Å². The number of nitrogens with one attached hydrogen (secondary N) is 1. The molecule has 3 rings (SSSR count). The van der Waals surface area contributed by atoms with Crippen LogP contribution in [0.25, 0.3) is 0 Å². The third-order valence-corrected chi connectivity index (χ3v) is 3.90. The Hall–Kier alpha value is -2.93. The largest absolute Gasteiger partial charge is 0.482 e. The van der Waals surface area contributed by atoms with Gasteiger partial charge in [0.05, 0.1) is 11.4 Å². The average molecular weight is 343 g/mol. The summed E-state index contributed by atoms with van der Waals surface area (Å²) in [5.41, 5.74) is 7.25. The second-order valence-corrected chi connectivity index (χ2v) is 5.81. The molecule has 0 aromatic heterocycles. The molecule has 130 valence electrons. The lowest BCUT2D eigenvalue weighted by Gasteiger charge is -2.29. The molecule has 0 radical (unpaired) electrons. The molecule has 1 aliphatic rings. The molecule has 0 fully saturated rings. The summed E-state index contributed by atoms with van der Waals surface area (Å²) in [6.07, 6.45) is 0. The van der Waals surface area contributed by atoms with Gasteiger partial charge in [-0.2, -0.15) is 0 Å². The maximum Gasteiger partial charge on any atom is 0.265 e. The maximum absolute atomic E-state index is 13.7. The molecule has 1 aliphatic heterocycles. The van der Waals surface area contributed by atoms with Crippen LogP contribution in [0.5, 0.6) is 5.75 Å². The van der Waals surface area contributed by atoms with Crippen molar-refractivity contribution in [1.29, 1.82) is 0 Å². The zero-order chi connectivity index (χ0) is 18.0. The number of carbonyl (C=O) groups is 2. The highest BCUT2D eigenvalue weighted by Crippen LogP contribution is 2.34. The molecule has 1 heterocycles. The van der Waals surface area contributed by atoms with E-state index in [0.717, 1.165) is 5.56 Å². The first-order valence-corrected chi connectivity index (χ1v) is 7.83. The van der Waals surface area contributed by atoms with Crippen LogP contribution >= 0.6 is 0 Å². The van der Waals surface area contributed by atoms with Gasteiger partial charge in [-0.15, -0.1) is 0 Å². The summed E-state index contributed by atoms with van der Waals surface area (Å²) in [6, 6.07) is 10.9. The predicted octanol–water partition coefficient (Wildman–Crippen LogP) is 2.21. The SMILES string of the molecule is CC(N)c1ccc2c(c1)N(CC(=O)Nc1ccccc1F)C(=O)CO2. The van der Waals surface area contributed by atoms with E-state index in [4.69, 9.17) is 10.5 Å². The second kappa shape index (κ2) is 6.90. The number of benzene rings is 2. The summed E-state index contributed by atoms with van der Waals surface area (Å²) in [6.45, 7) is 1.42. The summed E-state index contributed by atoms with van der Waals surface area (Å²) in [7, 11) is 0. The highest BCUT2D eigenvalue weighted by molar-refractivity contribution is 6.05. The summed E-state index contributed by atoms with van der Waals surface area (Å²) in [4.78, 5) is 25.8. The monoisotopic (exact) mass is 343 g/mol. The zero-order valence-electron chi connectivity index (χ0n) is 13.7. The molecule has 2 aromatic rings. The summed E-state index contributed by atoms with van der Waals surface area (Å²) >= 11 is 0. The van der Waals surface area contributed by atoms with E-state index in [1.807, 2.05) is 13.0 Å². The second-order valence-electron chi connectivity index (χ2n) is 5.81. The van der Waals surface area contributed by atoms with Gasteiger partial charge in [0.1, 0.15) is 18.1 Å². The van der Waals surface area contributed by atoms with Gasteiger partial charge < -0.3 is 15.8 Å². The number of nitrogens with two attached hydrogens (primary N) is 1. The van der Waals surface area contributed by atoms with E-state index >= 15 is 0 Å². The number of amides is 2. The first kappa shape index (κ1) is 16.9. The van der Waals surface area contributed by atoms with Crippen LogP contribution in [0.1, 0.15) is 18.5 Å². The maximum atomic E-state index is 13.7. The Morgan fingerprint density at radius 2 is 2.12 bits per heavy atom. The molecule has 0 bridgehead atoms. The van der Waals surface area contributed by atoms with Crippen molar-refractivity contribution in [3.8, 4) is 5.75 Å². The minimum atomic E-state index is -0.538. The van der Waals surface area contributed by atoms with Gasteiger partial charge in [0.15, 0.2) is 6.61 Å².